The molecule has 2 amide bonds. The van der Waals surface area contributed by atoms with Gasteiger partial charge in [0, 0.05) is 13.2 Å². The van der Waals surface area contributed by atoms with Crippen LogP contribution in [0.15, 0.2) is 24.3 Å². The highest BCUT2D eigenvalue weighted by atomic mass is 16.5. The Kier molecular flexibility index (Phi) is 7.09. The molecule has 1 aromatic carbocycles. The number of benzene rings is 1. The normalized spacial score (nSPS) is 12.2. The van der Waals surface area contributed by atoms with Gasteiger partial charge in [-0.1, -0.05) is 43.7 Å². The monoisotopic (exact) mass is 278 g/mol. The average molecular weight is 278 g/mol. The third-order valence-corrected chi connectivity index (χ3v) is 2.77. The maximum Gasteiger partial charge on any atom is 0.315 e. The van der Waals surface area contributed by atoms with Crippen LogP contribution in [0.5, 0.6) is 0 Å². The highest BCUT2D eigenvalue weighted by molar-refractivity contribution is 5.74. The first-order chi connectivity index (χ1) is 9.47. The Balaban J connectivity index is 2.20. The number of urea groups is 1. The SMILES string of the molecule is Cc1ccc(CNC(=O)NC(C)COCC(C)C)cc1. The fourth-order valence-corrected chi connectivity index (χ4v) is 1.69. The minimum Gasteiger partial charge on any atom is -0.379 e. The topological polar surface area (TPSA) is 50.4 Å². The minimum atomic E-state index is -0.161. The molecule has 0 saturated heterocycles. The van der Waals surface area contributed by atoms with Crippen molar-refractivity contribution in [2.75, 3.05) is 13.2 Å². The highest BCUT2D eigenvalue weighted by Gasteiger charge is 2.07. The summed E-state index contributed by atoms with van der Waals surface area (Å²) in [7, 11) is 0. The lowest BCUT2D eigenvalue weighted by atomic mass is 10.1. The van der Waals surface area contributed by atoms with Gasteiger partial charge in [-0.2, -0.15) is 0 Å². The first-order valence-corrected chi connectivity index (χ1v) is 7.15. The van der Waals surface area contributed by atoms with E-state index in [0.29, 0.717) is 19.1 Å². The number of amides is 2. The summed E-state index contributed by atoms with van der Waals surface area (Å²) in [5, 5.41) is 5.70. The van der Waals surface area contributed by atoms with Crippen molar-refractivity contribution < 1.29 is 9.53 Å². The van der Waals surface area contributed by atoms with Gasteiger partial charge in [0.05, 0.1) is 12.6 Å². The zero-order valence-corrected chi connectivity index (χ0v) is 12.9. The Hall–Kier alpha value is -1.55. The summed E-state index contributed by atoms with van der Waals surface area (Å²) in [5.74, 6) is 0.512. The highest BCUT2D eigenvalue weighted by Crippen LogP contribution is 2.02. The van der Waals surface area contributed by atoms with Gasteiger partial charge < -0.3 is 15.4 Å². The standard InChI is InChI=1S/C16H26N2O2/c1-12(2)10-20-11-14(4)18-16(19)17-9-15-7-5-13(3)6-8-15/h5-8,12,14H,9-11H2,1-4H3,(H2,17,18,19). The zero-order valence-electron chi connectivity index (χ0n) is 12.9. The lowest BCUT2D eigenvalue weighted by Crippen LogP contribution is -2.42. The van der Waals surface area contributed by atoms with Crippen molar-refractivity contribution in [1.82, 2.24) is 10.6 Å². The van der Waals surface area contributed by atoms with Crippen molar-refractivity contribution in [2.24, 2.45) is 5.92 Å². The second-order valence-corrected chi connectivity index (χ2v) is 5.64. The van der Waals surface area contributed by atoms with Gasteiger partial charge in [-0.05, 0) is 25.3 Å². The molecule has 4 heteroatoms. The summed E-state index contributed by atoms with van der Waals surface area (Å²) >= 11 is 0. The van der Waals surface area contributed by atoms with Crippen molar-refractivity contribution in [1.29, 1.82) is 0 Å². The maximum absolute atomic E-state index is 11.7. The average Bonchev–Trinajstić information content (AvgIpc) is 2.37. The van der Waals surface area contributed by atoms with Crippen molar-refractivity contribution in [2.45, 2.75) is 40.3 Å². The third kappa shape index (κ3) is 7.14. The third-order valence-electron chi connectivity index (χ3n) is 2.77. The Labute approximate surface area is 121 Å². The molecule has 1 atom stereocenters. The fourth-order valence-electron chi connectivity index (χ4n) is 1.69. The molecule has 4 nitrogen and oxygen atoms in total. The fraction of sp³-hybridized carbons (Fsp3) is 0.562. The number of carbonyl (C=O) groups excluding carboxylic acids is 1. The molecule has 1 aromatic rings. The first kappa shape index (κ1) is 16.5. The molecule has 0 spiro atoms. The number of hydrogen-bond acceptors (Lipinski definition) is 2. The lowest BCUT2D eigenvalue weighted by Gasteiger charge is -2.15. The van der Waals surface area contributed by atoms with E-state index in [9.17, 15) is 4.79 Å². The number of hydrogen-bond donors (Lipinski definition) is 2. The molecule has 112 valence electrons. The smallest absolute Gasteiger partial charge is 0.315 e. The molecule has 0 bridgehead atoms. The molecule has 0 radical (unpaired) electrons. The molecule has 1 rings (SSSR count). The van der Waals surface area contributed by atoms with Gasteiger partial charge in [0.2, 0.25) is 0 Å². The first-order valence-electron chi connectivity index (χ1n) is 7.15. The van der Waals surface area contributed by atoms with E-state index in [1.54, 1.807) is 0 Å². The molecular weight excluding hydrogens is 252 g/mol. The van der Waals surface area contributed by atoms with E-state index < -0.39 is 0 Å². The molecular formula is C16H26N2O2. The van der Waals surface area contributed by atoms with Crippen LogP contribution in [-0.4, -0.2) is 25.3 Å². The number of nitrogens with one attached hydrogen (secondary N) is 2. The summed E-state index contributed by atoms with van der Waals surface area (Å²) < 4.78 is 5.49. The van der Waals surface area contributed by atoms with Crippen LogP contribution in [0.4, 0.5) is 4.79 Å². The number of aryl methyl sites for hydroxylation is 1. The number of ether oxygens (including phenoxy) is 1. The summed E-state index contributed by atoms with van der Waals surface area (Å²) in [5.41, 5.74) is 2.31. The van der Waals surface area contributed by atoms with Gasteiger partial charge in [-0.3, -0.25) is 0 Å². The molecule has 0 aliphatic rings. The van der Waals surface area contributed by atoms with Gasteiger partial charge >= 0.3 is 6.03 Å². The van der Waals surface area contributed by atoms with Crippen molar-refractivity contribution in [3.05, 3.63) is 35.4 Å². The molecule has 0 heterocycles. The van der Waals surface area contributed by atoms with Crippen molar-refractivity contribution >= 4 is 6.03 Å². The van der Waals surface area contributed by atoms with Crippen LogP contribution in [-0.2, 0) is 11.3 Å². The molecule has 0 saturated carbocycles. The minimum absolute atomic E-state index is 0.00627. The van der Waals surface area contributed by atoms with E-state index in [1.807, 2.05) is 38.1 Å². The Bertz CT molecular complexity index is 401. The Morgan fingerprint density at radius 2 is 1.80 bits per heavy atom. The largest absolute Gasteiger partial charge is 0.379 e. The van der Waals surface area contributed by atoms with Gasteiger partial charge in [-0.15, -0.1) is 0 Å². The zero-order chi connectivity index (χ0) is 15.0. The number of rotatable bonds is 7. The van der Waals surface area contributed by atoms with E-state index in [1.165, 1.54) is 5.56 Å². The van der Waals surface area contributed by atoms with Crippen LogP contribution >= 0.6 is 0 Å². The Morgan fingerprint density at radius 1 is 1.15 bits per heavy atom. The molecule has 0 aromatic heterocycles. The van der Waals surface area contributed by atoms with Crippen molar-refractivity contribution in [3.63, 3.8) is 0 Å². The lowest BCUT2D eigenvalue weighted by molar-refractivity contribution is 0.0954. The van der Waals surface area contributed by atoms with Gasteiger partial charge in [0.15, 0.2) is 0 Å². The van der Waals surface area contributed by atoms with Crippen LogP contribution in [0.3, 0.4) is 0 Å². The molecule has 2 N–H and O–H groups in total. The van der Waals surface area contributed by atoms with E-state index in [2.05, 4.69) is 24.5 Å². The van der Waals surface area contributed by atoms with E-state index >= 15 is 0 Å². The predicted molar refractivity (Wildman–Crippen MR) is 81.7 cm³/mol. The van der Waals surface area contributed by atoms with Crippen LogP contribution < -0.4 is 10.6 Å². The van der Waals surface area contributed by atoms with E-state index in [-0.39, 0.29) is 12.1 Å². The van der Waals surface area contributed by atoms with E-state index in [0.717, 1.165) is 12.2 Å². The summed E-state index contributed by atoms with van der Waals surface area (Å²) in [4.78, 5) is 11.7. The number of carbonyl (C=O) groups is 1. The second kappa shape index (κ2) is 8.59. The predicted octanol–water partition coefficient (Wildman–Crippen LogP) is 2.86. The molecule has 0 aliphatic carbocycles. The Morgan fingerprint density at radius 3 is 2.40 bits per heavy atom. The molecule has 1 unspecified atom stereocenters. The summed E-state index contributed by atoms with van der Waals surface area (Å²) in [6.07, 6.45) is 0. The van der Waals surface area contributed by atoms with Crippen LogP contribution in [0, 0.1) is 12.8 Å². The molecule has 0 aliphatic heterocycles. The summed E-state index contributed by atoms with van der Waals surface area (Å²) in [6, 6.07) is 7.96. The van der Waals surface area contributed by atoms with Crippen molar-refractivity contribution in [3.8, 4) is 0 Å². The van der Waals surface area contributed by atoms with Crippen LogP contribution in [0.1, 0.15) is 31.9 Å². The van der Waals surface area contributed by atoms with E-state index in [4.69, 9.17) is 4.74 Å². The molecule has 0 fully saturated rings. The van der Waals surface area contributed by atoms with Gasteiger partial charge in [0.25, 0.3) is 0 Å². The quantitative estimate of drug-likeness (QED) is 0.806. The van der Waals surface area contributed by atoms with Gasteiger partial charge in [0.1, 0.15) is 0 Å². The molecule has 20 heavy (non-hydrogen) atoms. The second-order valence-electron chi connectivity index (χ2n) is 5.64. The summed E-state index contributed by atoms with van der Waals surface area (Å²) in [6.45, 7) is 9.98. The van der Waals surface area contributed by atoms with Crippen LogP contribution in [0.25, 0.3) is 0 Å². The maximum atomic E-state index is 11.7. The van der Waals surface area contributed by atoms with Gasteiger partial charge in [-0.25, -0.2) is 4.79 Å². The van der Waals surface area contributed by atoms with Crippen LogP contribution in [0.2, 0.25) is 0 Å².